The van der Waals surface area contributed by atoms with Gasteiger partial charge in [0.2, 0.25) is 5.91 Å². The largest absolute Gasteiger partial charge is 0.491 e. The first-order valence-corrected chi connectivity index (χ1v) is 9.63. The topological polar surface area (TPSA) is 59.1 Å². The van der Waals surface area contributed by atoms with E-state index in [4.69, 9.17) is 9.47 Å². The number of hydrogen-bond acceptors (Lipinski definition) is 4. The van der Waals surface area contributed by atoms with Crippen molar-refractivity contribution in [1.82, 2.24) is 9.80 Å². The zero-order valence-corrected chi connectivity index (χ0v) is 15.1. The van der Waals surface area contributed by atoms with Gasteiger partial charge in [0.15, 0.2) is 0 Å². The maximum Gasteiger partial charge on any atom is 0.253 e. The summed E-state index contributed by atoms with van der Waals surface area (Å²) in [5, 5.41) is 0. The van der Waals surface area contributed by atoms with Gasteiger partial charge in [-0.3, -0.25) is 9.59 Å². The molecule has 2 heterocycles. The molecule has 3 aliphatic rings. The zero-order chi connectivity index (χ0) is 17.9. The number of nitrogens with zero attached hydrogens (tertiary/aromatic N) is 2. The van der Waals surface area contributed by atoms with Crippen LogP contribution in [-0.2, 0) is 9.53 Å². The van der Waals surface area contributed by atoms with E-state index in [2.05, 4.69) is 0 Å². The van der Waals surface area contributed by atoms with E-state index in [1.54, 1.807) is 0 Å². The molecule has 2 amide bonds. The Morgan fingerprint density at radius 2 is 1.69 bits per heavy atom. The third kappa shape index (κ3) is 4.01. The Balaban J connectivity index is 1.27. The highest BCUT2D eigenvalue weighted by molar-refractivity contribution is 5.94. The molecule has 26 heavy (non-hydrogen) atoms. The second-order valence-corrected chi connectivity index (χ2v) is 7.36. The quantitative estimate of drug-likeness (QED) is 0.807. The van der Waals surface area contributed by atoms with Crippen molar-refractivity contribution >= 4 is 11.8 Å². The van der Waals surface area contributed by atoms with E-state index < -0.39 is 0 Å². The number of ether oxygens (including phenoxy) is 2. The summed E-state index contributed by atoms with van der Waals surface area (Å²) in [5.74, 6) is 1.30. The number of carbonyl (C=O) groups is 2. The first-order valence-electron chi connectivity index (χ1n) is 9.63. The van der Waals surface area contributed by atoms with Crippen LogP contribution in [0.1, 0.15) is 36.0 Å². The van der Waals surface area contributed by atoms with Crippen molar-refractivity contribution in [1.29, 1.82) is 0 Å². The van der Waals surface area contributed by atoms with E-state index in [0.717, 1.165) is 38.0 Å². The minimum atomic E-state index is 0.0224. The second kappa shape index (κ2) is 7.66. The number of benzene rings is 1. The standard InChI is InChI=1S/C20H26N2O4/c23-19(15-3-4-15)21-9-11-22(12-10-21)20(24)16-5-7-17(8-6-16)26-14-18-2-1-13-25-18/h5-8,15,18H,1-4,9-14H2/t18-/m0/s1. The summed E-state index contributed by atoms with van der Waals surface area (Å²) < 4.78 is 11.3. The van der Waals surface area contributed by atoms with Gasteiger partial charge in [-0.15, -0.1) is 0 Å². The Bertz CT molecular complexity index is 642. The molecular formula is C20H26N2O4. The van der Waals surface area contributed by atoms with E-state index in [1.165, 1.54) is 0 Å². The molecule has 6 heteroatoms. The molecule has 1 atom stereocenters. The zero-order valence-electron chi connectivity index (χ0n) is 15.1. The van der Waals surface area contributed by atoms with Crippen LogP contribution in [0.3, 0.4) is 0 Å². The highest BCUT2D eigenvalue weighted by atomic mass is 16.5. The third-order valence-corrected chi connectivity index (χ3v) is 5.37. The highest BCUT2D eigenvalue weighted by Crippen LogP contribution is 2.31. The van der Waals surface area contributed by atoms with Gasteiger partial charge in [0, 0.05) is 44.3 Å². The fourth-order valence-corrected chi connectivity index (χ4v) is 3.56. The van der Waals surface area contributed by atoms with Crippen molar-refractivity contribution < 1.29 is 19.1 Å². The molecule has 1 saturated carbocycles. The van der Waals surface area contributed by atoms with E-state index in [0.29, 0.717) is 38.3 Å². The van der Waals surface area contributed by atoms with Gasteiger partial charge < -0.3 is 19.3 Å². The highest BCUT2D eigenvalue weighted by Gasteiger charge is 2.35. The Hall–Kier alpha value is -2.08. The Morgan fingerprint density at radius 3 is 2.31 bits per heavy atom. The summed E-state index contributed by atoms with van der Waals surface area (Å²) in [4.78, 5) is 28.5. The SMILES string of the molecule is O=C(c1ccc(OC[C@@H]2CCCO2)cc1)N1CCN(C(=O)C2CC2)CC1. The van der Waals surface area contributed by atoms with Crippen molar-refractivity contribution in [3.63, 3.8) is 0 Å². The lowest BCUT2D eigenvalue weighted by Crippen LogP contribution is -2.51. The molecule has 1 aromatic rings. The molecule has 2 aliphatic heterocycles. The van der Waals surface area contributed by atoms with Gasteiger partial charge in [-0.25, -0.2) is 0 Å². The molecule has 2 saturated heterocycles. The van der Waals surface area contributed by atoms with Crippen molar-refractivity contribution in [2.45, 2.75) is 31.8 Å². The molecule has 0 aromatic heterocycles. The van der Waals surface area contributed by atoms with Crippen LogP contribution >= 0.6 is 0 Å². The van der Waals surface area contributed by atoms with Crippen molar-refractivity contribution in [2.24, 2.45) is 5.92 Å². The van der Waals surface area contributed by atoms with Crippen molar-refractivity contribution in [3.05, 3.63) is 29.8 Å². The summed E-state index contributed by atoms with van der Waals surface area (Å²) in [6, 6.07) is 7.31. The molecule has 0 bridgehead atoms. The molecule has 0 unspecified atom stereocenters. The molecule has 1 aliphatic carbocycles. The normalized spacial score (nSPS) is 23.2. The first kappa shape index (κ1) is 17.3. The Kier molecular flexibility index (Phi) is 5.11. The van der Waals surface area contributed by atoms with Crippen LogP contribution in [0.4, 0.5) is 0 Å². The number of rotatable bonds is 5. The molecule has 0 radical (unpaired) electrons. The average Bonchev–Trinajstić information content (AvgIpc) is 3.41. The number of piperazine rings is 1. The lowest BCUT2D eigenvalue weighted by Gasteiger charge is -2.35. The van der Waals surface area contributed by atoms with Crippen LogP contribution in [0.5, 0.6) is 5.75 Å². The van der Waals surface area contributed by atoms with Crippen molar-refractivity contribution in [2.75, 3.05) is 39.4 Å². The molecule has 3 fully saturated rings. The van der Waals surface area contributed by atoms with Crippen molar-refractivity contribution in [3.8, 4) is 5.75 Å². The molecule has 0 spiro atoms. The fourth-order valence-electron chi connectivity index (χ4n) is 3.56. The summed E-state index contributed by atoms with van der Waals surface area (Å²) >= 11 is 0. The molecule has 140 valence electrons. The predicted molar refractivity (Wildman–Crippen MR) is 96.1 cm³/mol. The van der Waals surface area contributed by atoms with Gasteiger partial charge >= 0.3 is 0 Å². The summed E-state index contributed by atoms with van der Waals surface area (Å²) in [6.07, 6.45) is 4.39. The summed E-state index contributed by atoms with van der Waals surface area (Å²) in [5.41, 5.74) is 0.663. The lowest BCUT2D eigenvalue weighted by atomic mass is 10.1. The van der Waals surface area contributed by atoms with Crippen LogP contribution in [0.2, 0.25) is 0 Å². The fraction of sp³-hybridized carbons (Fsp3) is 0.600. The van der Waals surface area contributed by atoms with E-state index in [1.807, 2.05) is 34.1 Å². The molecule has 6 nitrogen and oxygen atoms in total. The minimum Gasteiger partial charge on any atom is -0.491 e. The smallest absolute Gasteiger partial charge is 0.253 e. The van der Waals surface area contributed by atoms with E-state index in [9.17, 15) is 9.59 Å². The van der Waals surface area contributed by atoms with Crippen LogP contribution in [0.15, 0.2) is 24.3 Å². The number of amides is 2. The monoisotopic (exact) mass is 358 g/mol. The van der Waals surface area contributed by atoms with Gasteiger partial charge in [0.25, 0.3) is 5.91 Å². The maximum absolute atomic E-state index is 12.7. The Labute approximate surface area is 154 Å². The number of hydrogen-bond donors (Lipinski definition) is 0. The second-order valence-electron chi connectivity index (χ2n) is 7.36. The third-order valence-electron chi connectivity index (χ3n) is 5.37. The predicted octanol–water partition coefficient (Wildman–Crippen LogP) is 1.94. The summed E-state index contributed by atoms with van der Waals surface area (Å²) in [6.45, 7) is 3.88. The molecule has 4 rings (SSSR count). The van der Waals surface area contributed by atoms with Crippen LogP contribution in [0, 0.1) is 5.92 Å². The van der Waals surface area contributed by atoms with Crippen LogP contribution < -0.4 is 4.74 Å². The van der Waals surface area contributed by atoms with Crippen LogP contribution in [0.25, 0.3) is 0 Å². The Morgan fingerprint density at radius 1 is 1.00 bits per heavy atom. The molecule has 0 N–H and O–H groups in total. The maximum atomic E-state index is 12.7. The van der Waals surface area contributed by atoms with Gasteiger partial charge in [-0.05, 0) is 49.9 Å². The summed E-state index contributed by atoms with van der Waals surface area (Å²) in [7, 11) is 0. The van der Waals surface area contributed by atoms with Crippen LogP contribution in [-0.4, -0.2) is 67.1 Å². The average molecular weight is 358 g/mol. The molecule has 1 aromatic carbocycles. The van der Waals surface area contributed by atoms with Gasteiger partial charge in [0.05, 0.1) is 6.10 Å². The lowest BCUT2D eigenvalue weighted by molar-refractivity contribution is -0.134. The van der Waals surface area contributed by atoms with E-state index in [-0.39, 0.29) is 23.8 Å². The number of carbonyl (C=O) groups excluding carboxylic acids is 2. The van der Waals surface area contributed by atoms with Gasteiger partial charge in [-0.1, -0.05) is 0 Å². The van der Waals surface area contributed by atoms with Gasteiger partial charge in [-0.2, -0.15) is 0 Å². The molecular weight excluding hydrogens is 332 g/mol. The van der Waals surface area contributed by atoms with E-state index >= 15 is 0 Å². The first-order chi connectivity index (χ1) is 12.7. The van der Waals surface area contributed by atoms with Gasteiger partial charge in [0.1, 0.15) is 12.4 Å². The minimum absolute atomic E-state index is 0.0224.